The van der Waals surface area contributed by atoms with Gasteiger partial charge in [0.2, 0.25) is 5.78 Å². The number of ether oxygens (including phenoxy) is 1. The molecule has 0 N–H and O–H groups in total. The number of rotatable bonds is 8. The third kappa shape index (κ3) is 5.87. The summed E-state index contributed by atoms with van der Waals surface area (Å²) in [6.07, 6.45) is -1.22. The summed E-state index contributed by atoms with van der Waals surface area (Å²) in [4.78, 5) is 40.4. The highest BCUT2D eigenvalue weighted by molar-refractivity contribution is 6.30. The minimum Gasteiger partial charge on any atom is -0.445 e. The Labute approximate surface area is 231 Å². The van der Waals surface area contributed by atoms with E-state index in [1.807, 2.05) is 42.5 Å². The van der Waals surface area contributed by atoms with E-state index in [9.17, 15) is 14.4 Å². The smallest absolute Gasteiger partial charge is 0.339 e. The Hall–Kier alpha value is -4.80. The Kier molecular flexibility index (Phi) is 7.76. The number of benzene rings is 5. The summed E-state index contributed by atoms with van der Waals surface area (Å²) in [6, 6.07) is 38.7. The lowest BCUT2D eigenvalue weighted by molar-refractivity contribution is 0.0278. The maximum Gasteiger partial charge on any atom is 0.339 e. The predicted octanol–water partition coefficient (Wildman–Crippen LogP) is 8.02. The molecule has 0 aliphatic rings. The van der Waals surface area contributed by atoms with Gasteiger partial charge < -0.3 is 4.74 Å². The summed E-state index contributed by atoms with van der Waals surface area (Å²) in [7, 11) is 0. The second kappa shape index (κ2) is 11.7. The van der Waals surface area contributed by atoms with E-state index in [0.29, 0.717) is 21.7 Å². The average Bonchev–Trinajstić information content (AvgIpc) is 3.00. The summed E-state index contributed by atoms with van der Waals surface area (Å²) >= 11 is 6.04. The zero-order chi connectivity index (χ0) is 27.2. The average molecular weight is 531 g/mol. The van der Waals surface area contributed by atoms with Gasteiger partial charge in [-0.3, -0.25) is 9.59 Å². The molecule has 0 heterocycles. The normalized spacial score (nSPS) is 11.4. The molecule has 190 valence electrons. The van der Waals surface area contributed by atoms with Gasteiger partial charge in [0, 0.05) is 27.3 Å². The van der Waals surface area contributed by atoms with E-state index in [1.165, 1.54) is 6.07 Å². The Morgan fingerprint density at radius 2 is 1.08 bits per heavy atom. The molecule has 0 bridgehead atoms. The predicted molar refractivity (Wildman–Crippen MR) is 152 cm³/mol. The van der Waals surface area contributed by atoms with Crippen molar-refractivity contribution in [2.24, 2.45) is 0 Å². The van der Waals surface area contributed by atoms with Gasteiger partial charge in [-0.1, -0.05) is 127 Å². The standard InChI is InChI=1S/C34H23ClO4/c35-28-21-19-27(20-22-28)33(32(37)25-11-5-2-6-12-25)39-34(38)30-14-8-7-13-29(30)31(36)26-17-15-24(16-18-26)23-9-3-1-4-10-23/h1-22,33H/t33-/m0/s1. The molecular formula is C34H23ClO4. The van der Waals surface area contributed by atoms with Crippen LogP contribution in [0.2, 0.25) is 5.02 Å². The van der Waals surface area contributed by atoms with E-state index in [4.69, 9.17) is 16.3 Å². The lowest BCUT2D eigenvalue weighted by atomic mass is 9.96. The van der Waals surface area contributed by atoms with Crippen molar-refractivity contribution < 1.29 is 19.1 Å². The zero-order valence-corrected chi connectivity index (χ0v) is 21.5. The highest BCUT2D eigenvalue weighted by Gasteiger charge is 2.28. The molecular weight excluding hydrogens is 508 g/mol. The monoisotopic (exact) mass is 530 g/mol. The Morgan fingerprint density at radius 1 is 0.538 bits per heavy atom. The molecule has 1 atom stereocenters. The van der Waals surface area contributed by atoms with Crippen LogP contribution in [0, 0.1) is 0 Å². The van der Waals surface area contributed by atoms with Crippen molar-refractivity contribution in [1.29, 1.82) is 0 Å². The van der Waals surface area contributed by atoms with Crippen LogP contribution in [0.25, 0.3) is 11.1 Å². The fraction of sp³-hybridized carbons (Fsp3) is 0.0294. The van der Waals surface area contributed by atoms with Crippen molar-refractivity contribution in [1.82, 2.24) is 0 Å². The molecule has 0 saturated heterocycles. The maximum absolute atomic E-state index is 13.5. The van der Waals surface area contributed by atoms with E-state index < -0.39 is 12.1 Å². The van der Waals surface area contributed by atoms with Gasteiger partial charge in [-0.15, -0.1) is 0 Å². The number of carbonyl (C=O) groups is 3. The second-order valence-electron chi connectivity index (χ2n) is 8.89. The summed E-state index contributed by atoms with van der Waals surface area (Å²) in [6.45, 7) is 0. The molecule has 0 aliphatic heterocycles. The van der Waals surface area contributed by atoms with Crippen LogP contribution in [0.3, 0.4) is 0 Å². The van der Waals surface area contributed by atoms with E-state index in [0.717, 1.165) is 11.1 Å². The van der Waals surface area contributed by atoms with Crippen LogP contribution in [0.5, 0.6) is 0 Å². The van der Waals surface area contributed by atoms with Crippen LogP contribution in [-0.2, 0) is 4.74 Å². The molecule has 5 rings (SSSR count). The molecule has 0 unspecified atom stereocenters. The molecule has 39 heavy (non-hydrogen) atoms. The summed E-state index contributed by atoms with van der Waals surface area (Å²) in [5.74, 6) is -1.48. The highest BCUT2D eigenvalue weighted by atomic mass is 35.5. The lowest BCUT2D eigenvalue weighted by Gasteiger charge is -2.18. The van der Waals surface area contributed by atoms with Gasteiger partial charge in [0.1, 0.15) is 0 Å². The SMILES string of the molecule is O=C(O[C@H](C(=O)c1ccccc1)c1ccc(Cl)cc1)c1ccccc1C(=O)c1ccc(-c2ccccc2)cc1. The number of hydrogen-bond donors (Lipinski definition) is 0. The van der Waals surface area contributed by atoms with Crippen LogP contribution in [0.4, 0.5) is 0 Å². The van der Waals surface area contributed by atoms with Crippen LogP contribution in [0.15, 0.2) is 133 Å². The molecule has 5 aromatic carbocycles. The Balaban J connectivity index is 1.44. The Morgan fingerprint density at radius 3 is 1.72 bits per heavy atom. The summed E-state index contributed by atoms with van der Waals surface area (Å²) < 4.78 is 5.80. The van der Waals surface area contributed by atoms with Crippen molar-refractivity contribution in [2.45, 2.75) is 6.10 Å². The quantitative estimate of drug-likeness (QED) is 0.150. The third-order valence-corrected chi connectivity index (χ3v) is 6.59. The molecule has 0 fully saturated rings. The molecule has 0 aromatic heterocycles. The van der Waals surface area contributed by atoms with Gasteiger partial charge in [0.15, 0.2) is 11.9 Å². The zero-order valence-electron chi connectivity index (χ0n) is 20.8. The van der Waals surface area contributed by atoms with Gasteiger partial charge in [-0.05, 0) is 29.3 Å². The molecule has 4 nitrogen and oxygen atoms in total. The molecule has 0 amide bonds. The molecule has 5 heteroatoms. The molecule has 5 aromatic rings. The third-order valence-electron chi connectivity index (χ3n) is 6.34. The van der Waals surface area contributed by atoms with Crippen molar-refractivity contribution in [3.8, 4) is 11.1 Å². The van der Waals surface area contributed by atoms with Crippen molar-refractivity contribution >= 4 is 29.1 Å². The summed E-state index contributed by atoms with van der Waals surface area (Å²) in [5.41, 5.74) is 3.59. The number of hydrogen-bond acceptors (Lipinski definition) is 4. The molecule has 0 saturated carbocycles. The van der Waals surface area contributed by atoms with Gasteiger partial charge >= 0.3 is 5.97 Å². The van der Waals surface area contributed by atoms with E-state index in [1.54, 1.807) is 84.9 Å². The van der Waals surface area contributed by atoms with E-state index in [-0.39, 0.29) is 22.7 Å². The van der Waals surface area contributed by atoms with Gasteiger partial charge in [-0.2, -0.15) is 0 Å². The number of carbonyl (C=O) groups excluding carboxylic acids is 3. The first kappa shape index (κ1) is 25.8. The van der Waals surface area contributed by atoms with E-state index >= 15 is 0 Å². The van der Waals surface area contributed by atoms with Crippen LogP contribution < -0.4 is 0 Å². The second-order valence-corrected chi connectivity index (χ2v) is 9.32. The molecule has 0 radical (unpaired) electrons. The van der Waals surface area contributed by atoms with Gasteiger partial charge in [0.05, 0.1) is 5.56 Å². The minimum absolute atomic E-state index is 0.0782. The fourth-order valence-electron chi connectivity index (χ4n) is 4.29. The number of halogens is 1. The largest absolute Gasteiger partial charge is 0.445 e. The topological polar surface area (TPSA) is 60.4 Å². The van der Waals surface area contributed by atoms with Crippen molar-refractivity contribution in [3.63, 3.8) is 0 Å². The van der Waals surface area contributed by atoms with Crippen molar-refractivity contribution in [2.75, 3.05) is 0 Å². The van der Waals surface area contributed by atoms with Gasteiger partial charge in [0.25, 0.3) is 0 Å². The van der Waals surface area contributed by atoms with Crippen LogP contribution in [0.1, 0.15) is 48.3 Å². The first-order chi connectivity index (χ1) is 19.0. The van der Waals surface area contributed by atoms with E-state index in [2.05, 4.69) is 0 Å². The van der Waals surface area contributed by atoms with Crippen molar-refractivity contribution in [3.05, 3.63) is 166 Å². The Bertz CT molecular complexity index is 1610. The highest BCUT2D eigenvalue weighted by Crippen LogP contribution is 2.27. The molecule has 0 spiro atoms. The fourth-order valence-corrected chi connectivity index (χ4v) is 4.42. The van der Waals surface area contributed by atoms with Gasteiger partial charge in [-0.25, -0.2) is 4.79 Å². The number of ketones is 2. The lowest BCUT2D eigenvalue weighted by Crippen LogP contribution is -2.22. The minimum atomic E-state index is -1.22. The van der Waals surface area contributed by atoms with Crippen LogP contribution >= 0.6 is 11.6 Å². The number of Topliss-reactive ketones (excluding diaryl/α,β-unsaturated/α-hetero) is 1. The van der Waals surface area contributed by atoms with Crippen LogP contribution in [-0.4, -0.2) is 17.5 Å². The molecule has 0 aliphatic carbocycles. The number of esters is 1. The first-order valence-electron chi connectivity index (χ1n) is 12.4. The maximum atomic E-state index is 13.5. The summed E-state index contributed by atoms with van der Waals surface area (Å²) in [5, 5.41) is 0.491. The first-order valence-corrected chi connectivity index (χ1v) is 12.7.